The second-order valence-electron chi connectivity index (χ2n) is 5.11. The van der Waals surface area contributed by atoms with Crippen molar-refractivity contribution in [2.24, 2.45) is 0 Å². The Balaban J connectivity index is 2.63. The normalized spacial score (nSPS) is 15.2. The minimum absolute atomic E-state index is 0.149. The van der Waals surface area contributed by atoms with Crippen molar-refractivity contribution in [3.05, 3.63) is 35.9 Å². The first-order chi connectivity index (χ1) is 8.85. The SMILES string of the molecule is CCCCC(O)(CCc1ccccc1)CC(F)(F)F. The van der Waals surface area contributed by atoms with E-state index in [0.717, 1.165) is 12.0 Å². The van der Waals surface area contributed by atoms with Crippen LogP contribution in [0, 0.1) is 0 Å². The van der Waals surface area contributed by atoms with E-state index in [0.29, 0.717) is 12.8 Å². The number of hydrogen-bond donors (Lipinski definition) is 1. The van der Waals surface area contributed by atoms with E-state index < -0.39 is 18.2 Å². The van der Waals surface area contributed by atoms with Gasteiger partial charge in [0, 0.05) is 0 Å². The first kappa shape index (κ1) is 16.0. The number of aryl methyl sites for hydroxylation is 1. The molecular weight excluding hydrogens is 253 g/mol. The molecule has 0 bridgehead atoms. The summed E-state index contributed by atoms with van der Waals surface area (Å²) in [5.41, 5.74) is -0.677. The van der Waals surface area contributed by atoms with Gasteiger partial charge < -0.3 is 5.11 Å². The van der Waals surface area contributed by atoms with E-state index in [1.807, 2.05) is 37.3 Å². The number of halogens is 3. The van der Waals surface area contributed by atoms with Gasteiger partial charge in [0.15, 0.2) is 0 Å². The summed E-state index contributed by atoms with van der Waals surface area (Å²) < 4.78 is 37.6. The Kier molecular flexibility index (Phi) is 5.85. The Morgan fingerprint density at radius 3 is 2.21 bits per heavy atom. The van der Waals surface area contributed by atoms with E-state index in [-0.39, 0.29) is 12.8 Å². The van der Waals surface area contributed by atoms with Crippen LogP contribution in [-0.4, -0.2) is 16.9 Å². The van der Waals surface area contributed by atoms with Gasteiger partial charge in [-0.3, -0.25) is 0 Å². The molecule has 1 aromatic carbocycles. The Morgan fingerprint density at radius 2 is 1.68 bits per heavy atom. The molecule has 108 valence electrons. The Hall–Kier alpha value is -1.03. The van der Waals surface area contributed by atoms with E-state index in [1.165, 1.54) is 0 Å². The lowest BCUT2D eigenvalue weighted by Gasteiger charge is -2.29. The molecule has 1 N–H and O–H groups in total. The van der Waals surface area contributed by atoms with Crippen LogP contribution in [-0.2, 0) is 6.42 Å². The minimum Gasteiger partial charge on any atom is -0.390 e. The van der Waals surface area contributed by atoms with Crippen molar-refractivity contribution < 1.29 is 18.3 Å². The number of aliphatic hydroxyl groups is 1. The van der Waals surface area contributed by atoms with E-state index in [4.69, 9.17) is 0 Å². The third kappa shape index (κ3) is 6.62. The van der Waals surface area contributed by atoms with Crippen molar-refractivity contribution >= 4 is 0 Å². The average Bonchev–Trinajstić information content (AvgIpc) is 2.33. The maximum absolute atomic E-state index is 12.5. The topological polar surface area (TPSA) is 20.2 Å². The quantitative estimate of drug-likeness (QED) is 0.776. The fourth-order valence-corrected chi connectivity index (χ4v) is 2.20. The summed E-state index contributed by atoms with van der Waals surface area (Å²) in [5.74, 6) is 0. The third-order valence-electron chi connectivity index (χ3n) is 3.25. The van der Waals surface area contributed by atoms with Gasteiger partial charge in [0.1, 0.15) is 0 Å². The van der Waals surface area contributed by atoms with E-state index in [1.54, 1.807) is 0 Å². The molecule has 4 heteroatoms. The lowest BCUT2D eigenvalue weighted by Crippen LogP contribution is -2.35. The second-order valence-corrected chi connectivity index (χ2v) is 5.11. The zero-order valence-corrected chi connectivity index (χ0v) is 11.2. The first-order valence-corrected chi connectivity index (χ1v) is 6.68. The molecule has 1 aromatic rings. The van der Waals surface area contributed by atoms with Crippen LogP contribution < -0.4 is 0 Å². The van der Waals surface area contributed by atoms with Gasteiger partial charge in [-0.05, 0) is 24.8 Å². The van der Waals surface area contributed by atoms with Gasteiger partial charge in [0.05, 0.1) is 12.0 Å². The predicted molar refractivity (Wildman–Crippen MR) is 69.9 cm³/mol. The molecule has 1 atom stereocenters. The molecule has 0 saturated carbocycles. The van der Waals surface area contributed by atoms with Crippen molar-refractivity contribution in [1.29, 1.82) is 0 Å². The highest BCUT2D eigenvalue weighted by Gasteiger charge is 2.40. The fourth-order valence-electron chi connectivity index (χ4n) is 2.20. The van der Waals surface area contributed by atoms with Crippen molar-refractivity contribution in [3.63, 3.8) is 0 Å². The van der Waals surface area contributed by atoms with E-state index in [9.17, 15) is 18.3 Å². The van der Waals surface area contributed by atoms with Gasteiger partial charge in [-0.25, -0.2) is 0 Å². The van der Waals surface area contributed by atoms with Gasteiger partial charge in [-0.2, -0.15) is 13.2 Å². The lowest BCUT2D eigenvalue weighted by atomic mass is 9.86. The summed E-state index contributed by atoms with van der Waals surface area (Å²) in [6.07, 6.45) is -3.22. The molecular formula is C15H21F3O. The van der Waals surface area contributed by atoms with Crippen LogP contribution in [0.25, 0.3) is 0 Å². The monoisotopic (exact) mass is 274 g/mol. The summed E-state index contributed by atoms with van der Waals surface area (Å²) in [6.45, 7) is 1.91. The minimum atomic E-state index is -4.32. The van der Waals surface area contributed by atoms with Crippen molar-refractivity contribution in [2.75, 3.05) is 0 Å². The molecule has 0 heterocycles. The summed E-state index contributed by atoms with van der Waals surface area (Å²) in [5, 5.41) is 10.2. The molecule has 0 fully saturated rings. The summed E-state index contributed by atoms with van der Waals surface area (Å²) >= 11 is 0. The lowest BCUT2D eigenvalue weighted by molar-refractivity contribution is -0.179. The molecule has 19 heavy (non-hydrogen) atoms. The molecule has 1 rings (SSSR count). The number of rotatable bonds is 7. The molecule has 0 aromatic heterocycles. The predicted octanol–water partition coefficient (Wildman–Crippen LogP) is 4.49. The standard InChI is InChI=1S/C15H21F3O/c1-2-3-10-14(19,12-15(16,17)18)11-9-13-7-5-4-6-8-13/h4-8,19H,2-3,9-12H2,1H3. The summed E-state index contributed by atoms with van der Waals surface area (Å²) in [6, 6.07) is 9.30. The fraction of sp³-hybridized carbons (Fsp3) is 0.600. The number of unbranched alkanes of at least 4 members (excludes halogenated alkanes) is 1. The zero-order chi connectivity index (χ0) is 14.4. The number of alkyl halides is 3. The smallest absolute Gasteiger partial charge is 0.390 e. The number of benzene rings is 1. The van der Waals surface area contributed by atoms with Gasteiger partial charge in [0.25, 0.3) is 0 Å². The highest BCUT2D eigenvalue weighted by molar-refractivity contribution is 5.15. The van der Waals surface area contributed by atoms with Gasteiger partial charge >= 0.3 is 6.18 Å². The van der Waals surface area contributed by atoms with Crippen molar-refractivity contribution in [2.45, 2.75) is 57.2 Å². The van der Waals surface area contributed by atoms with Gasteiger partial charge in [0.2, 0.25) is 0 Å². The highest BCUT2D eigenvalue weighted by atomic mass is 19.4. The maximum Gasteiger partial charge on any atom is 0.391 e. The van der Waals surface area contributed by atoms with Crippen molar-refractivity contribution in [1.82, 2.24) is 0 Å². The highest BCUT2D eigenvalue weighted by Crippen LogP contribution is 2.34. The van der Waals surface area contributed by atoms with Crippen LogP contribution in [0.1, 0.15) is 44.6 Å². The van der Waals surface area contributed by atoms with Crippen LogP contribution in [0.15, 0.2) is 30.3 Å². The van der Waals surface area contributed by atoms with Crippen LogP contribution in [0.3, 0.4) is 0 Å². The molecule has 0 amide bonds. The molecule has 0 aliphatic rings. The van der Waals surface area contributed by atoms with Crippen LogP contribution in [0.5, 0.6) is 0 Å². The first-order valence-electron chi connectivity index (χ1n) is 6.68. The number of hydrogen-bond acceptors (Lipinski definition) is 1. The Labute approximate surface area is 112 Å². The zero-order valence-electron chi connectivity index (χ0n) is 11.2. The molecule has 0 spiro atoms. The third-order valence-corrected chi connectivity index (χ3v) is 3.25. The van der Waals surface area contributed by atoms with Crippen molar-refractivity contribution in [3.8, 4) is 0 Å². The van der Waals surface area contributed by atoms with Gasteiger partial charge in [-0.15, -0.1) is 0 Å². The molecule has 0 radical (unpaired) electrons. The van der Waals surface area contributed by atoms with Gasteiger partial charge in [-0.1, -0.05) is 50.1 Å². The van der Waals surface area contributed by atoms with Crippen LogP contribution >= 0.6 is 0 Å². The molecule has 0 aliphatic heterocycles. The Bertz CT molecular complexity index is 361. The maximum atomic E-state index is 12.5. The second kappa shape index (κ2) is 6.94. The summed E-state index contributed by atoms with van der Waals surface area (Å²) in [4.78, 5) is 0. The van der Waals surface area contributed by atoms with E-state index in [2.05, 4.69) is 0 Å². The molecule has 0 aliphatic carbocycles. The van der Waals surface area contributed by atoms with Crippen LogP contribution in [0.4, 0.5) is 13.2 Å². The largest absolute Gasteiger partial charge is 0.391 e. The molecule has 1 nitrogen and oxygen atoms in total. The summed E-state index contributed by atoms with van der Waals surface area (Å²) in [7, 11) is 0. The van der Waals surface area contributed by atoms with E-state index >= 15 is 0 Å². The molecule has 1 unspecified atom stereocenters. The van der Waals surface area contributed by atoms with Crippen LogP contribution in [0.2, 0.25) is 0 Å². The Morgan fingerprint density at radius 1 is 1.05 bits per heavy atom. The molecule has 0 saturated heterocycles. The average molecular weight is 274 g/mol.